The standard InChI is InChI=1S/C13H17NO3/c1-10(15)14-13(9-17-11(2)16)8-12-6-4-3-5-7-12/h3-7,13H,8-9H2,1-2H3,(H,14,15). The molecule has 1 aromatic carbocycles. The van der Waals surface area contributed by atoms with Crippen molar-refractivity contribution < 1.29 is 14.3 Å². The van der Waals surface area contributed by atoms with Crippen LogP contribution in [0.2, 0.25) is 0 Å². The summed E-state index contributed by atoms with van der Waals surface area (Å²) in [6, 6.07) is 9.57. The van der Waals surface area contributed by atoms with E-state index in [1.807, 2.05) is 30.3 Å². The Labute approximate surface area is 101 Å². The van der Waals surface area contributed by atoms with E-state index in [0.29, 0.717) is 6.42 Å². The van der Waals surface area contributed by atoms with Gasteiger partial charge in [0, 0.05) is 13.8 Å². The predicted octanol–water partition coefficient (Wildman–Crippen LogP) is 1.30. The minimum atomic E-state index is -0.339. The lowest BCUT2D eigenvalue weighted by atomic mass is 10.1. The summed E-state index contributed by atoms with van der Waals surface area (Å²) >= 11 is 0. The van der Waals surface area contributed by atoms with E-state index < -0.39 is 0 Å². The van der Waals surface area contributed by atoms with Gasteiger partial charge in [-0.25, -0.2) is 0 Å². The zero-order valence-corrected chi connectivity index (χ0v) is 10.1. The molecule has 1 rings (SSSR count). The number of hydrogen-bond acceptors (Lipinski definition) is 3. The van der Waals surface area contributed by atoms with E-state index in [2.05, 4.69) is 5.32 Å². The number of nitrogens with one attached hydrogen (secondary N) is 1. The van der Waals surface area contributed by atoms with Crippen molar-refractivity contribution in [1.29, 1.82) is 0 Å². The van der Waals surface area contributed by atoms with Gasteiger partial charge in [0.2, 0.25) is 5.91 Å². The molecule has 0 aliphatic rings. The van der Waals surface area contributed by atoms with Gasteiger partial charge in [0.1, 0.15) is 6.61 Å². The summed E-state index contributed by atoms with van der Waals surface area (Å²) < 4.78 is 4.92. The minimum Gasteiger partial charge on any atom is -0.464 e. The molecule has 0 saturated heterocycles. The fraction of sp³-hybridized carbons (Fsp3) is 0.385. The molecular formula is C13H17NO3. The Balaban J connectivity index is 2.56. The van der Waals surface area contributed by atoms with Crippen molar-refractivity contribution in [2.24, 2.45) is 0 Å². The summed E-state index contributed by atoms with van der Waals surface area (Å²) in [5.41, 5.74) is 1.10. The van der Waals surface area contributed by atoms with Crippen LogP contribution < -0.4 is 5.32 Å². The maximum Gasteiger partial charge on any atom is 0.302 e. The summed E-state index contributed by atoms with van der Waals surface area (Å²) in [5.74, 6) is -0.466. The number of carbonyl (C=O) groups excluding carboxylic acids is 2. The normalized spacial score (nSPS) is 11.6. The van der Waals surface area contributed by atoms with Gasteiger partial charge in [0.05, 0.1) is 6.04 Å². The van der Waals surface area contributed by atoms with Crippen LogP contribution in [-0.4, -0.2) is 24.5 Å². The second-order valence-corrected chi connectivity index (χ2v) is 3.89. The molecule has 0 spiro atoms. The first-order chi connectivity index (χ1) is 8.08. The second kappa shape index (κ2) is 6.68. The molecule has 0 radical (unpaired) electrons. The largest absolute Gasteiger partial charge is 0.464 e. The van der Waals surface area contributed by atoms with Gasteiger partial charge in [-0.05, 0) is 12.0 Å². The quantitative estimate of drug-likeness (QED) is 0.782. The number of rotatable bonds is 5. The molecule has 92 valence electrons. The average molecular weight is 235 g/mol. The fourth-order valence-corrected chi connectivity index (χ4v) is 1.56. The lowest BCUT2D eigenvalue weighted by Crippen LogP contribution is -2.39. The smallest absolute Gasteiger partial charge is 0.302 e. The highest BCUT2D eigenvalue weighted by Crippen LogP contribution is 2.03. The summed E-state index contributed by atoms with van der Waals surface area (Å²) in [6.07, 6.45) is 0.647. The second-order valence-electron chi connectivity index (χ2n) is 3.89. The third-order valence-electron chi connectivity index (χ3n) is 2.22. The van der Waals surface area contributed by atoms with Crippen LogP contribution in [0.1, 0.15) is 19.4 Å². The molecule has 1 N–H and O–H groups in total. The highest BCUT2D eigenvalue weighted by molar-refractivity contribution is 5.73. The van der Waals surface area contributed by atoms with Crippen molar-refractivity contribution >= 4 is 11.9 Å². The van der Waals surface area contributed by atoms with E-state index in [4.69, 9.17) is 4.74 Å². The predicted molar refractivity (Wildman–Crippen MR) is 64.4 cm³/mol. The monoisotopic (exact) mass is 235 g/mol. The fourth-order valence-electron chi connectivity index (χ4n) is 1.56. The van der Waals surface area contributed by atoms with Crippen LogP contribution in [0.25, 0.3) is 0 Å². The summed E-state index contributed by atoms with van der Waals surface area (Å²) in [5, 5.41) is 2.77. The van der Waals surface area contributed by atoms with Crippen LogP contribution in [0.4, 0.5) is 0 Å². The number of carbonyl (C=O) groups is 2. The van der Waals surface area contributed by atoms with Crippen LogP contribution in [0.3, 0.4) is 0 Å². The third-order valence-corrected chi connectivity index (χ3v) is 2.22. The van der Waals surface area contributed by atoms with Gasteiger partial charge in [-0.2, -0.15) is 0 Å². The van der Waals surface area contributed by atoms with Crippen molar-refractivity contribution in [1.82, 2.24) is 5.32 Å². The van der Waals surface area contributed by atoms with E-state index in [1.54, 1.807) is 0 Å². The lowest BCUT2D eigenvalue weighted by molar-refractivity contribution is -0.142. The molecule has 0 aliphatic carbocycles. The van der Waals surface area contributed by atoms with Crippen molar-refractivity contribution in [2.45, 2.75) is 26.3 Å². The molecule has 0 aliphatic heterocycles. The first-order valence-electron chi connectivity index (χ1n) is 5.52. The molecule has 1 aromatic rings. The molecule has 0 heterocycles. The molecule has 4 nitrogen and oxygen atoms in total. The summed E-state index contributed by atoms with van der Waals surface area (Å²) in [7, 11) is 0. The maximum atomic E-state index is 11.0. The molecule has 1 atom stereocenters. The SMILES string of the molecule is CC(=O)NC(COC(C)=O)Cc1ccccc1. The number of amides is 1. The van der Waals surface area contributed by atoms with Gasteiger partial charge in [0.15, 0.2) is 0 Å². The molecule has 0 bridgehead atoms. The van der Waals surface area contributed by atoms with E-state index >= 15 is 0 Å². The molecular weight excluding hydrogens is 218 g/mol. The van der Waals surface area contributed by atoms with Gasteiger partial charge < -0.3 is 10.1 Å². The van der Waals surface area contributed by atoms with Gasteiger partial charge in [0.25, 0.3) is 0 Å². The molecule has 1 unspecified atom stereocenters. The Hall–Kier alpha value is -1.84. The molecule has 4 heteroatoms. The van der Waals surface area contributed by atoms with Gasteiger partial charge in [-0.1, -0.05) is 30.3 Å². The molecule has 1 amide bonds. The Morgan fingerprint density at radius 3 is 2.41 bits per heavy atom. The highest BCUT2D eigenvalue weighted by Gasteiger charge is 2.12. The zero-order chi connectivity index (χ0) is 12.7. The van der Waals surface area contributed by atoms with Crippen LogP contribution in [0, 0.1) is 0 Å². The summed E-state index contributed by atoms with van der Waals surface area (Å²) in [6.45, 7) is 3.00. The van der Waals surface area contributed by atoms with E-state index in [-0.39, 0.29) is 24.5 Å². The summed E-state index contributed by atoms with van der Waals surface area (Å²) in [4.78, 5) is 21.8. The zero-order valence-electron chi connectivity index (χ0n) is 10.1. The van der Waals surface area contributed by atoms with Gasteiger partial charge >= 0.3 is 5.97 Å². The Kier molecular flexibility index (Phi) is 5.20. The average Bonchev–Trinajstić information content (AvgIpc) is 2.26. The van der Waals surface area contributed by atoms with Crippen molar-refractivity contribution in [3.05, 3.63) is 35.9 Å². The Bertz CT molecular complexity index is 376. The maximum absolute atomic E-state index is 11.0. The van der Waals surface area contributed by atoms with E-state index in [9.17, 15) is 9.59 Å². The van der Waals surface area contributed by atoms with Crippen molar-refractivity contribution in [3.8, 4) is 0 Å². The molecule has 0 aromatic heterocycles. The number of esters is 1. The Morgan fingerprint density at radius 1 is 1.24 bits per heavy atom. The van der Waals surface area contributed by atoms with Gasteiger partial charge in [-0.3, -0.25) is 9.59 Å². The van der Waals surface area contributed by atoms with Crippen LogP contribution >= 0.6 is 0 Å². The van der Waals surface area contributed by atoms with E-state index in [0.717, 1.165) is 5.56 Å². The van der Waals surface area contributed by atoms with Crippen LogP contribution in [-0.2, 0) is 20.7 Å². The number of ether oxygens (including phenoxy) is 1. The highest BCUT2D eigenvalue weighted by atomic mass is 16.5. The molecule has 0 saturated carbocycles. The van der Waals surface area contributed by atoms with Crippen LogP contribution in [0.15, 0.2) is 30.3 Å². The third kappa shape index (κ3) is 5.70. The van der Waals surface area contributed by atoms with E-state index in [1.165, 1.54) is 13.8 Å². The first kappa shape index (κ1) is 13.2. The Morgan fingerprint density at radius 2 is 1.88 bits per heavy atom. The van der Waals surface area contributed by atoms with Crippen molar-refractivity contribution in [3.63, 3.8) is 0 Å². The van der Waals surface area contributed by atoms with Gasteiger partial charge in [-0.15, -0.1) is 0 Å². The van der Waals surface area contributed by atoms with Crippen molar-refractivity contribution in [2.75, 3.05) is 6.61 Å². The topological polar surface area (TPSA) is 55.4 Å². The number of benzene rings is 1. The lowest BCUT2D eigenvalue weighted by Gasteiger charge is -2.17. The molecule has 0 fully saturated rings. The van der Waals surface area contributed by atoms with Crippen LogP contribution in [0.5, 0.6) is 0 Å². The number of hydrogen-bond donors (Lipinski definition) is 1. The first-order valence-corrected chi connectivity index (χ1v) is 5.52. The minimum absolute atomic E-state index is 0.127. The molecule has 17 heavy (non-hydrogen) atoms.